The average Bonchev–Trinajstić information content (AvgIpc) is 2.37. The first-order valence-electron chi connectivity index (χ1n) is 6.67. The highest BCUT2D eigenvalue weighted by Crippen LogP contribution is 2.46. The number of anilines is 1. The zero-order valence-electron chi connectivity index (χ0n) is 10.5. The maximum atomic E-state index is 8.88. The summed E-state index contributed by atoms with van der Waals surface area (Å²) in [5, 5.41) is 8.88. The minimum atomic E-state index is 0.603. The summed E-state index contributed by atoms with van der Waals surface area (Å²) in [4.78, 5) is 2.44. The summed E-state index contributed by atoms with van der Waals surface area (Å²) in [5.41, 5.74) is 2.56. The molecule has 1 aliphatic carbocycles. The summed E-state index contributed by atoms with van der Waals surface area (Å²) in [6.07, 6.45) is 7.03. The molecule has 18 heavy (non-hydrogen) atoms. The van der Waals surface area contributed by atoms with Crippen LogP contribution in [-0.4, -0.2) is 13.1 Å². The van der Waals surface area contributed by atoms with E-state index in [0.29, 0.717) is 5.41 Å². The molecule has 94 valence electrons. The van der Waals surface area contributed by atoms with Crippen LogP contribution >= 0.6 is 15.9 Å². The van der Waals surface area contributed by atoms with Crippen LogP contribution in [-0.2, 0) is 0 Å². The number of hydrogen-bond acceptors (Lipinski definition) is 2. The Hall–Kier alpha value is -1.01. The van der Waals surface area contributed by atoms with Gasteiger partial charge >= 0.3 is 0 Å². The zero-order valence-corrected chi connectivity index (χ0v) is 12.0. The number of nitriles is 1. The molecule has 3 rings (SSSR count). The summed E-state index contributed by atoms with van der Waals surface area (Å²) in [5.74, 6) is 0. The monoisotopic (exact) mass is 304 g/mol. The normalized spacial score (nSPS) is 21.4. The smallest absolute Gasteiger partial charge is 0.0992 e. The lowest BCUT2D eigenvalue weighted by Gasteiger charge is -2.53. The summed E-state index contributed by atoms with van der Waals surface area (Å²) >= 11 is 3.58. The molecule has 1 aliphatic heterocycles. The minimum Gasteiger partial charge on any atom is -0.369 e. The molecule has 0 aromatic heterocycles. The van der Waals surface area contributed by atoms with E-state index in [1.54, 1.807) is 0 Å². The van der Waals surface area contributed by atoms with E-state index in [4.69, 9.17) is 5.26 Å². The lowest BCUT2D eigenvalue weighted by atomic mass is 9.68. The fourth-order valence-corrected chi connectivity index (χ4v) is 4.01. The van der Waals surface area contributed by atoms with E-state index in [-0.39, 0.29) is 0 Å². The second kappa shape index (κ2) is 4.59. The Morgan fingerprint density at radius 3 is 2.50 bits per heavy atom. The quantitative estimate of drug-likeness (QED) is 0.781. The molecular formula is C15H17BrN2. The molecule has 1 heterocycles. The van der Waals surface area contributed by atoms with Crippen molar-refractivity contribution in [3.63, 3.8) is 0 Å². The lowest BCUT2D eigenvalue weighted by molar-refractivity contribution is 0.139. The summed E-state index contributed by atoms with van der Waals surface area (Å²) in [6, 6.07) is 8.07. The molecule has 0 amide bonds. The zero-order chi connectivity index (χ0) is 12.6. The fourth-order valence-electron chi connectivity index (χ4n) is 3.38. The van der Waals surface area contributed by atoms with Crippen molar-refractivity contribution in [2.24, 2.45) is 5.41 Å². The van der Waals surface area contributed by atoms with Gasteiger partial charge in [0.05, 0.1) is 17.3 Å². The third-order valence-corrected chi connectivity index (χ3v) is 5.02. The van der Waals surface area contributed by atoms with Gasteiger partial charge in [-0.1, -0.05) is 19.3 Å². The van der Waals surface area contributed by atoms with Crippen molar-refractivity contribution in [3.8, 4) is 6.07 Å². The van der Waals surface area contributed by atoms with Crippen molar-refractivity contribution < 1.29 is 0 Å². The number of benzene rings is 1. The maximum absolute atomic E-state index is 8.88. The molecule has 2 nitrogen and oxygen atoms in total. The first kappa shape index (κ1) is 12.0. The molecule has 1 aromatic rings. The molecule has 2 fully saturated rings. The van der Waals surface area contributed by atoms with Crippen LogP contribution in [0.4, 0.5) is 5.69 Å². The van der Waals surface area contributed by atoms with Gasteiger partial charge in [-0.15, -0.1) is 0 Å². The number of halogens is 1. The third kappa shape index (κ3) is 2.03. The van der Waals surface area contributed by atoms with Crippen LogP contribution in [0.2, 0.25) is 0 Å². The Balaban J connectivity index is 1.73. The van der Waals surface area contributed by atoms with Gasteiger partial charge in [0.25, 0.3) is 0 Å². The Bertz CT molecular complexity index is 490. The van der Waals surface area contributed by atoms with E-state index < -0.39 is 0 Å². The van der Waals surface area contributed by atoms with Crippen LogP contribution in [0.3, 0.4) is 0 Å². The molecule has 2 aliphatic rings. The second-order valence-electron chi connectivity index (χ2n) is 5.69. The Labute approximate surface area is 117 Å². The van der Waals surface area contributed by atoms with Gasteiger partial charge in [0, 0.05) is 23.0 Å². The van der Waals surface area contributed by atoms with Crippen molar-refractivity contribution in [3.05, 3.63) is 28.2 Å². The molecule has 0 radical (unpaired) electrons. The molecule has 0 bridgehead atoms. The van der Waals surface area contributed by atoms with E-state index >= 15 is 0 Å². The highest BCUT2D eigenvalue weighted by atomic mass is 79.9. The molecule has 0 N–H and O–H groups in total. The number of nitrogens with zero attached hydrogens (tertiary/aromatic N) is 2. The minimum absolute atomic E-state index is 0.603. The van der Waals surface area contributed by atoms with E-state index in [1.165, 1.54) is 50.9 Å². The van der Waals surface area contributed by atoms with Crippen molar-refractivity contribution in [1.29, 1.82) is 5.26 Å². The van der Waals surface area contributed by atoms with Crippen LogP contribution in [0, 0.1) is 16.7 Å². The molecule has 0 unspecified atom stereocenters. The van der Waals surface area contributed by atoms with Crippen molar-refractivity contribution in [1.82, 2.24) is 0 Å². The van der Waals surface area contributed by atoms with Gasteiger partial charge in [0.2, 0.25) is 0 Å². The predicted octanol–water partition coefficient (Wildman–Crippen LogP) is 4.09. The van der Waals surface area contributed by atoms with Crippen LogP contribution in [0.25, 0.3) is 0 Å². The average molecular weight is 305 g/mol. The summed E-state index contributed by atoms with van der Waals surface area (Å²) in [7, 11) is 0. The highest BCUT2D eigenvalue weighted by Gasteiger charge is 2.43. The predicted molar refractivity (Wildman–Crippen MR) is 76.6 cm³/mol. The molecule has 0 atom stereocenters. The van der Waals surface area contributed by atoms with Gasteiger partial charge in [-0.3, -0.25) is 0 Å². The first-order chi connectivity index (χ1) is 8.72. The maximum Gasteiger partial charge on any atom is 0.0992 e. The van der Waals surface area contributed by atoms with Gasteiger partial charge in [0.1, 0.15) is 0 Å². The lowest BCUT2D eigenvalue weighted by Crippen LogP contribution is -2.57. The van der Waals surface area contributed by atoms with Gasteiger partial charge in [-0.05, 0) is 47.0 Å². The first-order valence-corrected chi connectivity index (χ1v) is 7.46. The van der Waals surface area contributed by atoms with E-state index in [9.17, 15) is 0 Å². The molecule has 1 saturated heterocycles. The summed E-state index contributed by atoms with van der Waals surface area (Å²) < 4.78 is 1.05. The number of hydrogen-bond donors (Lipinski definition) is 0. The number of rotatable bonds is 1. The van der Waals surface area contributed by atoms with E-state index in [1.807, 2.05) is 12.1 Å². The SMILES string of the molecule is N#Cc1ccc(N2CC3(CCCCC3)C2)c(Br)c1. The Morgan fingerprint density at radius 2 is 1.89 bits per heavy atom. The van der Waals surface area contributed by atoms with Crippen LogP contribution in [0.1, 0.15) is 37.7 Å². The Kier molecular flexibility index (Phi) is 3.07. The van der Waals surface area contributed by atoms with Crippen LogP contribution < -0.4 is 4.90 Å². The van der Waals surface area contributed by atoms with E-state index in [2.05, 4.69) is 33.0 Å². The molecule has 1 aromatic carbocycles. The molecule has 1 spiro atoms. The molecule has 1 saturated carbocycles. The Morgan fingerprint density at radius 1 is 1.17 bits per heavy atom. The molecular weight excluding hydrogens is 288 g/mol. The van der Waals surface area contributed by atoms with Gasteiger partial charge in [0.15, 0.2) is 0 Å². The second-order valence-corrected chi connectivity index (χ2v) is 6.55. The fraction of sp³-hybridized carbons (Fsp3) is 0.533. The summed E-state index contributed by atoms with van der Waals surface area (Å²) in [6.45, 7) is 2.38. The standard InChI is InChI=1S/C15H17BrN2/c16-13-8-12(9-17)4-5-14(13)18-10-15(11-18)6-2-1-3-7-15/h4-5,8H,1-3,6-7,10-11H2. The van der Waals surface area contributed by atoms with Crippen molar-refractivity contribution >= 4 is 21.6 Å². The van der Waals surface area contributed by atoms with Crippen LogP contribution in [0.5, 0.6) is 0 Å². The van der Waals surface area contributed by atoms with E-state index in [0.717, 1.165) is 10.0 Å². The molecule has 3 heteroatoms. The van der Waals surface area contributed by atoms with Crippen molar-refractivity contribution in [2.45, 2.75) is 32.1 Å². The topological polar surface area (TPSA) is 27.0 Å². The third-order valence-electron chi connectivity index (χ3n) is 4.38. The highest BCUT2D eigenvalue weighted by molar-refractivity contribution is 9.10. The van der Waals surface area contributed by atoms with Gasteiger partial charge in [-0.2, -0.15) is 5.26 Å². The largest absolute Gasteiger partial charge is 0.369 e. The van der Waals surface area contributed by atoms with Gasteiger partial charge < -0.3 is 4.90 Å². The van der Waals surface area contributed by atoms with Crippen molar-refractivity contribution in [2.75, 3.05) is 18.0 Å². The van der Waals surface area contributed by atoms with Crippen LogP contribution in [0.15, 0.2) is 22.7 Å². The van der Waals surface area contributed by atoms with Gasteiger partial charge in [-0.25, -0.2) is 0 Å².